The molecule has 4 aromatic heterocycles. The largest absolute Gasteiger partial charge is 0.309 e. The maximum atomic E-state index is 5.47. The number of nitrogens with zero attached hydrogens (tertiary/aromatic N) is 4. The molecule has 0 amide bonds. The van der Waals surface area contributed by atoms with Crippen LogP contribution < -0.4 is 0 Å². The van der Waals surface area contributed by atoms with E-state index in [-0.39, 0.29) is 0 Å². The minimum atomic E-state index is 0.665. The minimum Gasteiger partial charge on any atom is -0.309 e. The molecule has 0 fully saturated rings. The molecule has 61 heavy (non-hydrogen) atoms. The molecule has 0 aliphatic carbocycles. The highest BCUT2D eigenvalue weighted by molar-refractivity contribution is 7.26. The third kappa shape index (κ3) is 5.24. The number of hydrogen-bond acceptors (Lipinski definition) is 3. The van der Waals surface area contributed by atoms with Crippen molar-refractivity contribution >= 4 is 86.0 Å². The topological polar surface area (TPSA) is 35.6 Å². The van der Waals surface area contributed by atoms with Gasteiger partial charge in [-0.05, 0) is 64.7 Å². The molecule has 0 saturated heterocycles. The molecule has 13 rings (SSSR count). The zero-order chi connectivity index (χ0) is 40.0. The van der Waals surface area contributed by atoms with E-state index in [9.17, 15) is 0 Å². The third-order valence-corrected chi connectivity index (χ3v) is 13.5. The van der Waals surface area contributed by atoms with Crippen molar-refractivity contribution in [2.45, 2.75) is 0 Å². The first-order valence-electron chi connectivity index (χ1n) is 20.7. The smallest absolute Gasteiger partial charge is 0.235 e. The highest BCUT2D eigenvalue weighted by Gasteiger charge is 2.22. The van der Waals surface area contributed by atoms with E-state index in [1.807, 2.05) is 11.3 Å². The van der Waals surface area contributed by atoms with Gasteiger partial charge in [0.25, 0.3) is 0 Å². The Morgan fingerprint density at radius 1 is 0.344 bits per heavy atom. The van der Waals surface area contributed by atoms with Gasteiger partial charge in [0.1, 0.15) is 0 Å². The van der Waals surface area contributed by atoms with Gasteiger partial charge >= 0.3 is 0 Å². The molecular formula is C56H34N4S. The van der Waals surface area contributed by atoms with E-state index in [0.717, 1.165) is 38.9 Å². The minimum absolute atomic E-state index is 0.665. The second-order valence-corrected chi connectivity index (χ2v) is 16.8. The lowest BCUT2D eigenvalue weighted by Gasteiger charge is -2.12. The Morgan fingerprint density at radius 3 is 1.59 bits per heavy atom. The number of hydrogen-bond donors (Lipinski definition) is 0. The first kappa shape index (κ1) is 34.0. The van der Waals surface area contributed by atoms with E-state index in [2.05, 4.69) is 215 Å². The first-order valence-corrected chi connectivity index (χ1v) is 21.5. The lowest BCUT2D eigenvalue weighted by Crippen LogP contribution is -2.03. The fraction of sp³-hybridized carbons (Fsp3) is 0. The van der Waals surface area contributed by atoms with Crippen molar-refractivity contribution in [1.82, 2.24) is 19.1 Å². The number of aromatic nitrogens is 4. The maximum Gasteiger partial charge on any atom is 0.235 e. The molecule has 0 bridgehead atoms. The molecule has 9 aromatic carbocycles. The second kappa shape index (κ2) is 13.3. The molecule has 0 aliphatic rings. The van der Waals surface area contributed by atoms with Gasteiger partial charge in [0, 0.05) is 53.7 Å². The Bertz CT molecular complexity index is 3840. The van der Waals surface area contributed by atoms with Crippen LogP contribution in [0.4, 0.5) is 0 Å². The van der Waals surface area contributed by atoms with Crippen LogP contribution in [-0.2, 0) is 0 Å². The van der Waals surface area contributed by atoms with Crippen LogP contribution in [0.1, 0.15) is 0 Å². The molecular weight excluding hydrogens is 761 g/mol. The maximum absolute atomic E-state index is 5.47. The summed E-state index contributed by atoms with van der Waals surface area (Å²) in [4.78, 5) is 10.8. The third-order valence-electron chi connectivity index (χ3n) is 12.4. The Balaban J connectivity index is 1.04. The van der Waals surface area contributed by atoms with Crippen LogP contribution in [0.2, 0.25) is 0 Å². The van der Waals surface area contributed by atoms with Gasteiger partial charge in [-0.3, -0.25) is 4.57 Å². The van der Waals surface area contributed by atoms with E-state index in [0.29, 0.717) is 5.95 Å². The molecule has 4 heterocycles. The number of fused-ring (bicyclic) bond motifs is 11. The molecule has 4 nitrogen and oxygen atoms in total. The summed E-state index contributed by atoms with van der Waals surface area (Å²) in [6.45, 7) is 0. The lowest BCUT2D eigenvalue weighted by molar-refractivity contribution is 1.02. The Labute approximate surface area is 354 Å². The number of thiophene rings is 1. The van der Waals surface area contributed by atoms with Gasteiger partial charge in [0.05, 0.1) is 38.0 Å². The van der Waals surface area contributed by atoms with Crippen molar-refractivity contribution in [3.8, 4) is 45.1 Å². The average Bonchev–Trinajstić information content (AvgIpc) is 3.98. The molecule has 13 aromatic rings. The fourth-order valence-electron chi connectivity index (χ4n) is 9.50. The molecule has 0 spiro atoms. The van der Waals surface area contributed by atoms with Crippen molar-refractivity contribution < 1.29 is 0 Å². The van der Waals surface area contributed by atoms with Gasteiger partial charge in [-0.1, -0.05) is 164 Å². The molecule has 5 heteroatoms. The van der Waals surface area contributed by atoms with Crippen molar-refractivity contribution in [2.24, 2.45) is 0 Å². The van der Waals surface area contributed by atoms with Crippen molar-refractivity contribution in [3.63, 3.8) is 0 Å². The van der Waals surface area contributed by atoms with Crippen molar-refractivity contribution in [1.29, 1.82) is 0 Å². The molecule has 0 saturated carbocycles. The Hall–Kier alpha value is -7.86. The number of para-hydroxylation sites is 3. The van der Waals surface area contributed by atoms with Crippen LogP contribution in [-0.4, -0.2) is 19.1 Å². The highest BCUT2D eigenvalue weighted by Crippen LogP contribution is 2.46. The SMILES string of the molecule is c1ccc(-c2ccc(-c3nc(-n4c5ccccc5c5ccc6c7cc8c9ccccc9n(-c9ccc(-c%10ccccc%10)cc9)c8cc7sc6c54)nc4ccccc34)cc2)cc1. The van der Waals surface area contributed by atoms with Gasteiger partial charge in [0.15, 0.2) is 0 Å². The van der Waals surface area contributed by atoms with Crippen LogP contribution in [0.15, 0.2) is 206 Å². The summed E-state index contributed by atoms with van der Waals surface area (Å²) in [7, 11) is 0. The molecule has 284 valence electrons. The van der Waals surface area contributed by atoms with Crippen LogP contribution >= 0.6 is 11.3 Å². The van der Waals surface area contributed by atoms with Gasteiger partial charge in [-0.15, -0.1) is 11.3 Å². The number of rotatable bonds is 5. The van der Waals surface area contributed by atoms with E-state index in [1.54, 1.807) is 0 Å². The lowest BCUT2D eigenvalue weighted by atomic mass is 10.0. The van der Waals surface area contributed by atoms with E-state index in [4.69, 9.17) is 9.97 Å². The van der Waals surface area contributed by atoms with Crippen molar-refractivity contribution in [3.05, 3.63) is 206 Å². The summed E-state index contributed by atoms with van der Waals surface area (Å²) in [6, 6.07) is 74.1. The van der Waals surface area contributed by atoms with Crippen LogP contribution in [0.5, 0.6) is 0 Å². The highest BCUT2D eigenvalue weighted by atomic mass is 32.1. The van der Waals surface area contributed by atoms with Gasteiger partial charge in [-0.25, -0.2) is 9.97 Å². The zero-order valence-corrected chi connectivity index (χ0v) is 33.6. The predicted molar refractivity (Wildman–Crippen MR) is 257 cm³/mol. The number of benzene rings is 9. The Kier molecular flexibility index (Phi) is 7.44. The molecule has 0 atom stereocenters. The summed E-state index contributed by atoms with van der Waals surface area (Å²) < 4.78 is 7.20. The van der Waals surface area contributed by atoms with E-state index < -0.39 is 0 Å². The summed E-state index contributed by atoms with van der Waals surface area (Å²) in [6.07, 6.45) is 0. The van der Waals surface area contributed by atoms with Crippen LogP contribution in [0.3, 0.4) is 0 Å². The fourth-order valence-corrected chi connectivity index (χ4v) is 10.8. The van der Waals surface area contributed by atoms with E-state index >= 15 is 0 Å². The Morgan fingerprint density at radius 2 is 0.885 bits per heavy atom. The summed E-state index contributed by atoms with van der Waals surface area (Å²) in [5.41, 5.74) is 13.5. The first-order chi connectivity index (χ1) is 30.2. The zero-order valence-electron chi connectivity index (χ0n) is 32.8. The normalized spacial score (nSPS) is 11.9. The molecule has 0 radical (unpaired) electrons. The average molecular weight is 795 g/mol. The summed E-state index contributed by atoms with van der Waals surface area (Å²) in [5, 5.41) is 8.39. The molecule has 0 unspecified atom stereocenters. The summed E-state index contributed by atoms with van der Waals surface area (Å²) >= 11 is 1.86. The van der Waals surface area contributed by atoms with Crippen LogP contribution in [0.25, 0.3) is 120 Å². The van der Waals surface area contributed by atoms with Gasteiger partial charge in [0.2, 0.25) is 5.95 Å². The van der Waals surface area contributed by atoms with Crippen LogP contribution in [0, 0.1) is 0 Å². The quantitative estimate of drug-likeness (QED) is 0.174. The molecule has 0 N–H and O–H groups in total. The summed E-state index contributed by atoms with van der Waals surface area (Å²) in [5.74, 6) is 0.665. The second-order valence-electron chi connectivity index (χ2n) is 15.8. The monoisotopic (exact) mass is 794 g/mol. The standard InChI is InChI=1S/C56H34N4S/c1-3-13-35(14-4-1)37-23-25-39(26-24-37)53-45-19-7-10-20-48(45)57-56(58-53)60-50-22-12-8-17-41(50)43-31-32-44-47-33-46-42-18-9-11-21-49(42)59(51(46)34-52(47)61-55(44)54(43)60)40-29-27-38(28-30-40)36-15-5-2-6-16-36/h1-34H. The van der Waals surface area contributed by atoms with Gasteiger partial charge in [-0.2, -0.15) is 0 Å². The van der Waals surface area contributed by atoms with Gasteiger partial charge < -0.3 is 4.57 Å². The van der Waals surface area contributed by atoms with E-state index in [1.165, 1.54) is 75.0 Å². The van der Waals surface area contributed by atoms with Crippen molar-refractivity contribution in [2.75, 3.05) is 0 Å². The molecule has 0 aliphatic heterocycles. The predicted octanol–water partition coefficient (Wildman–Crippen LogP) is 15.2.